The van der Waals surface area contributed by atoms with Gasteiger partial charge in [-0.3, -0.25) is 9.59 Å². The zero-order valence-electron chi connectivity index (χ0n) is 17.0. The van der Waals surface area contributed by atoms with Crippen LogP contribution >= 0.6 is 0 Å². The third kappa shape index (κ3) is 5.67. The van der Waals surface area contributed by atoms with Crippen molar-refractivity contribution in [2.24, 2.45) is 5.92 Å². The fraction of sp³-hybridized carbons (Fsp3) is 0.417. The summed E-state index contributed by atoms with van der Waals surface area (Å²) in [6.07, 6.45) is 2.23. The Hall–Kier alpha value is -2.66. The second-order valence-corrected chi connectivity index (χ2v) is 7.49. The molecule has 0 atom stereocenters. The minimum atomic E-state index is -0.308. The lowest BCUT2D eigenvalue weighted by atomic mass is 9.88. The van der Waals surface area contributed by atoms with Crippen LogP contribution in [-0.4, -0.2) is 50.1 Å². The summed E-state index contributed by atoms with van der Waals surface area (Å²) in [6, 6.07) is 19.9. The van der Waals surface area contributed by atoms with Crippen molar-refractivity contribution in [3.63, 3.8) is 0 Å². The molecule has 1 aliphatic heterocycles. The monoisotopic (exact) mass is 394 g/mol. The summed E-state index contributed by atoms with van der Waals surface area (Å²) >= 11 is 0. The first kappa shape index (κ1) is 21.1. The minimum absolute atomic E-state index is 0.0199. The number of ether oxygens (including phenoxy) is 1. The molecule has 1 fully saturated rings. The molecule has 0 saturated carbocycles. The first-order valence-electron chi connectivity index (χ1n) is 10.4. The molecule has 0 spiro atoms. The zero-order valence-corrected chi connectivity index (χ0v) is 17.0. The molecule has 1 saturated heterocycles. The highest BCUT2D eigenvalue weighted by molar-refractivity contribution is 5.87. The second kappa shape index (κ2) is 10.8. The van der Waals surface area contributed by atoms with Gasteiger partial charge in [0.25, 0.3) is 0 Å². The quantitative estimate of drug-likeness (QED) is 0.700. The van der Waals surface area contributed by atoms with Crippen molar-refractivity contribution in [1.29, 1.82) is 0 Å². The van der Waals surface area contributed by atoms with Crippen molar-refractivity contribution in [3.05, 3.63) is 71.8 Å². The molecule has 29 heavy (non-hydrogen) atoms. The topological polar surface area (TPSA) is 58.6 Å². The van der Waals surface area contributed by atoms with Gasteiger partial charge in [0.15, 0.2) is 0 Å². The number of carbonyl (C=O) groups excluding carboxylic acids is 2. The van der Waals surface area contributed by atoms with Gasteiger partial charge >= 0.3 is 0 Å². The summed E-state index contributed by atoms with van der Waals surface area (Å²) < 4.78 is 5.01. The van der Waals surface area contributed by atoms with Gasteiger partial charge in [0.2, 0.25) is 11.8 Å². The molecule has 0 bridgehead atoms. The predicted octanol–water partition coefficient (Wildman–Crippen LogP) is 3.21. The maximum absolute atomic E-state index is 13.4. The first-order valence-corrected chi connectivity index (χ1v) is 10.4. The standard InChI is InChI=1S/C24H30N2O3/c1-29-18-8-15-25-23(27)21-13-16-26(17-14-21)24(28)22(19-9-4-2-5-10-19)20-11-6-3-7-12-20/h2-7,9-12,21-22H,8,13-18H2,1H3,(H,25,27). The van der Waals surface area contributed by atoms with Crippen molar-refractivity contribution in [2.45, 2.75) is 25.2 Å². The van der Waals surface area contributed by atoms with E-state index in [1.54, 1.807) is 7.11 Å². The fourth-order valence-electron chi connectivity index (χ4n) is 3.89. The molecule has 0 aromatic heterocycles. The molecule has 2 aromatic carbocycles. The van der Waals surface area contributed by atoms with Gasteiger partial charge in [-0.2, -0.15) is 0 Å². The molecule has 1 aliphatic rings. The number of amides is 2. The van der Waals surface area contributed by atoms with E-state index in [0.29, 0.717) is 39.1 Å². The Labute approximate surface area is 173 Å². The van der Waals surface area contributed by atoms with E-state index in [0.717, 1.165) is 17.5 Å². The SMILES string of the molecule is COCCCNC(=O)C1CCN(C(=O)C(c2ccccc2)c2ccccc2)CC1. The lowest BCUT2D eigenvalue weighted by Crippen LogP contribution is -2.45. The van der Waals surface area contributed by atoms with Gasteiger partial charge in [0, 0.05) is 39.3 Å². The number of benzene rings is 2. The van der Waals surface area contributed by atoms with E-state index in [1.165, 1.54) is 0 Å². The van der Waals surface area contributed by atoms with Gasteiger partial charge in [-0.05, 0) is 30.4 Å². The Bertz CT molecular complexity index is 732. The smallest absolute Gasteiger partial charge is 0.234 e. The van der Waals surface area contributed by atoms with Crippen molar-refractivity contribution >= 4 is 11.8 Å². The number of hydrogen-bond acceptors (Lipinski definition) is 3. The van der Waals surface area contributed by atoms with E-state index >= 15 is 0 Å². The van der Waals surface area contributed by atoms with Crippen LogP contribution in [0.3, 0.4) is 0 Å². The van der Waals surface area contributed by atoms with Crippen LogP contribution in [0, 0.1) is 5.92 Å². The summed E-state index contributed by atoms with van der Waals surface area (Å²) in [7, 11) is 1.66. The van der Waals surface area contributed by atoms with Crippen LogP contribution < -0.4 is 5.32 Å². The van der Waals surface area contributed by atoms with Crippen LogP contribution in [0.15, 0.2) is 60.7 Å². The summed E-state index contributed by atoms with van der Waals surface area (Å²) in [4.78, 5) is 27.7. The zero-order chi connectivity index (χ0) is 20.5. The number of methoxy groups -OCH3 is 1. The van der Waals surface area contributed by atoms with Crippen molar-refractivity contribution in [3.8, 4) is 0 Å². The molecule has 5 heteroatoms. The van der Waals surface area contributed by atoms with Gasteiger partial charge in [-0.15, -0.1) is 0 Å². The first-order chi connectivity index (χ1) is 14.2. The van der Waals surface area contributed by atoms with Crippen molar-refractivity contribution in [1.82, 2.24) is 10.2 Å². The van der Waals surface area contributed by atoms with Crippen LogP contribution in [0.4, 0.5) is 0 Å². The van der Waals surface area contributed by atoms with E-state index in [2.05, 4.69) is 5.32 Å². The summed E-state index contributed by atoms with van der Waals surface area (Å²) in [6.45, 7) is 2.51. The number of likely N-dealkylation sites (tertiary alicyclic amines) is 1. The molecule has 1 N–H and O–H groups in total. The van der Waals surface area contributed by atoms with E-state index < -0.39 is 0 Å². The number of nitrogens with zero attached hydrogens (tertiary/aromatic N) is 1. The van der Waals surface area contributed by atoms with Crippen LogP contribution in [0.1, 0.15) is 36.3 Å². The number of nitrogens with one attached hydrogen (secondary N) is 1. The molecule has 0 unspecified atom stereocenters. The molecule has 2 aromatic rings. The van der Waals surface area contributed by atoms with Gasteiger partial charge in [-0.1, -0.05) is 60.7 Å². The van der Waals surface area contributed by atoms with Crippen LogP contribution in [0.25, 0.3) is 0 Å². The Kier molecular flexibility index (Phi) is 7.82. The van der Waals surface area contributed by atoms with E-state index in [9.17, 15) is 9.59 Å². The molecular formula is C24H30N2O3. The van der Waals surface area contributed by atoms with Crippen LogP contribution in [0.5, 0.6) is 0 Å². The second-order valence-electron chi connectivity index (χ2n) is 7.49. The van der Waals surface area contributed by atoms with Crippen molar-refractivity contribution in [2.75, 3.05) is 33.4 Å². The Balaban J connectivity index is 1.63. The molecule has 154 valence electrons. The minimum Gasteiger partial charge on any atom is -0.385 e. The van der Waals surface area contributed by atoms with Crippen LogP contribution in [-0.2, 0) is 14.3 Å². The Morgan fingerprint density at radius 3 is 2.07 bits per heavy atom. The van der Waals surface area contributed by atoms with Gasteiger partial charge < -0.3 is 15.0 Å². The van der Waals surface area contributed by atoms with Crippen LogP contribution in [0.2, 0.25) is 0 Å². The summed E-state index contributed by atoms with van der Waals surface area (Å²) in [5.74, 6) is -0.123. The third-order valence-electron chi connectivity index (χ3n) is 5.51. The molecule has 0 aliphatic carbocycles. The molecule has 1 heterocycles. The number of rotatable bonds is 8. The fourth-order valence-corrected chi connectivity index (χ4v) is 3.89. The third-order valence-corrected chi connectivity index (χ3v) is 5.51. The summed E-state index contributed by atoms with van der Waals surface area (Å²) in [5.41, 5.74) is 2.00. The number of carbonyl (C=O) groups is 2. The highest BCUT2D eigenvalue weighted by Gasteiger charge is 2.32. The molecular weight excluding hydrogens is 364 g/mol. The largest absolute Gasteiger partial charge is 0.385 e. The van der Waals surface area contributed by atoms with Gasteiger partial charge in [0.05, 0.1) is 5.92 Å². The Morgan fingerprint density at radius 2 is 1.55 bits per heavy atom. The highest BCUT2D eigenvalue weighted by Crippen LogP contribution is 2.29. The normalized spacial score (nSPS) is 14.8. The molecule has 2 amide bonds. The van der Waals surface area contributed by atoms with E-state index in [-0.39, 0.29) is 23.7 Å². The molecule has 0 radical (unpaired) electrons. The number of piperidine rings is 1. The average Bonchev–Trinajstić information content (AvgIpc) is 2.78. The lowest BCUT2D eigenvalue weighted by Gasteiger charge is -2.34. The average molecular weight is 395 g/mol. The predicted molar refractivity (Wildman–Crippen MR) is 114 cm³/mol. The molecule has 5 nitrogen and oxygen atoms in total. The number of hydrogen-bond donors (Lipinski definition) is 1. The van der Waals surface area contributed by atoms with Gasteiger partial charge in [0.1, 0.15) is 0 Å². The van der Waals surface area contributed by atoms with Crippen molar-refractivity contribution < 1.29 is 14.3 Å². The maximum Gasteiger partial charge on any atom is 0.234 e. The van der Waals surface area contributed by atoms with Gasteiger partial charge in [-0.25, -0.2) is 0 Å². The Morgan fingerprint density at radius 1 is 1.00 bits per heavy atom. The van der Waals surface area contributed by atoms with E-state index in [4.69, 9.17) is 4.74 Å². The maximum atomic E-state index is 13.4. The molecule has 3 rings (SSSR count). The highest BCUT2D eigenvalue weighted by atomic mass is 16.5. The van der Waals surface area contributed by atoms with E-state index in [1.807, 2.05) is 65.6 Å². The lowest BCUT2D eigenvalue weighted by molar-refractivity contribution is -0.136. The summed E-state index contributed by atoms with van der Waals surface area (Å²) in [5, 5.41) is 2.98.